The second-order valence-electron chi connectivity index (χ2n) is 6.28. The molecule has 0 saturated carbocycles. The van der Waals surface area contributed by atoms with Crippen molar-refractivity contribution in [1.29, 1.82) is 0 Å². The van der Waals surface area contributed by atoms with Gasteiger partial charge in [-0.3, -0.25) is 0 Å². The minimum atomic E-state index is 0.698. The Bertz CT molecular complexity index is 387. The van der Waals surface area contributed by atoms with E-state index in [-0.39, 0.29) is 0 Å². The Morgan fingerprint density at radius 2 is 2.30 bits per heavy atom. The van der Waals surface area contributed by atoms with Crippen molar-refractivity contribution in [2.45, 2.75) is 65.5 Å². The van der Waals surface area contributed by atoms with E-state index in [2.05, 4.69) is 36.4 Å². The molecule has 1 aromatic heterocycles. The molecule has 1 saturated heterocycles. The molecule has 0 bridgehead atoms. The molecule has 0 aliphatic carbocycles. The van der Waals surface area contributed by atoms with Crippen LogP contribution in [-0.2, 0) is 6.54 Å². The molecule has 0 spiro atoms. The van der Waals surface area contributed by atoms with Gasteiger partial charge < -0.3 is 10.2 Å². The van der Waals surface area contributed by atoms with Gasteiger partial charge in [0.1, 0.15) is 0 Å². The Balaban J connectivity index is 1.92. The molecule has 1 atom stereocenters. The molecule has 2 heterocycles. The van der Waals surface area contributed by atoms with Crippen LogP contribution in [0.4, 0.5) is 5.13 Å². The molecule has 0 amide bonds. The van der Waals surface area contributed by atoms with Gasteiger partial charge in [0, 0.05) is 24.5 Å². The maximum atomic E-state index is 4.85. The largest absolute Gasteiger partial charge is 0.345 e. The van der Waals surface area contributed by atoms with Gasteiger partial charge in [0.2, 0.25) is 0 Å². The molecule has 0 aromatic carbocycles. The number of aromatic nitrogens is 1. The first kappa shape index (κ1) is 15.8. The highest BCUT2D eigenvalue weighted by molar-refractivity contribution is 7.13. The topological polar surface area (TPSA) is 28.2 Å². The third kappa shape index (κ3) is 4.45. The van der Waals surface area contributed by atoms with E-state index in [1.54, 1.807) is 0 Å². The fourth-order valence-corrected chi connectivity index (χ4v) is 3.81. The highest BCUT2D eigenvalue weighted by Crippen LogP contribution is 2.29. The highest BCUT2D eigenvalue weighted by Gasteiger charge is 2.23. The van der Waals surface area contributed by atoms with Crippen molar-refractivity contribution in [2.75, 3.05) is 18.0 Å². The smallest absolute Gasteiger partial charge is 0.185 e. The average molecular weight is 295 g/mol. The third-order valence-corrected chi connectivity index (χ3v) is 4.82. The summed E-state index contributed by atoms with van der Waals surface area (Å²) in [7, 11) is 0. The van der Waals surface area contributed by atoms with E-state index in [1.165, 1.54) is 49.5 Å². The van der Waals surface area contributed by atoms with Gasteiger partial charge in [-0.2, -0.15) is 0 Å². The molecule has 1 unspecified atom stereocenters. The quantitative estimate of drug-likeness (QED) is 0.822. The summed E-state index contributed by atoms with van der Waals surface area (Å²) in [6.45, 7) is 9.92. The molecule has 1 N–H and O–H groups in total. The summed E-state index contributed by atoms with van der Waals surface area (Å²) < 4.78 is 0. The van der Waals surface area contributed by atoms with Crippen LogP contribution in [0.2, 0.25) is 0 Å². The molecule has 2 rings (SSSR count). The van der Waals surface area contributed by atoms with E-state index < -0.39 is 0 Å². The molecule has 114 valence electrons. The Hall–Kier alpha value is -0.610. The van der Waals surface area contributed by atoms with E-state index in [0.717, 1.165) is 19.1 Å². The van der Waals surface area contributed by atoms with Crippen LogP contribution >= 0.6 is 11.3 Å². The van der Waals surface area contributed by atoms with Crippen molar-refractivity contribution in [3.8, 4) is 0 Å². The number of nitrogens with one attached hydrogen (secondary N) is 1. The second kappa shape index (κ2) is 7.99. The van der Waals surface area contributed by atoms with Crippen molar-refractivity contribution in [3.63, 3.8) is 0 Å². The minimum Gasteiger partial charge on any atom is -0.345 e. The normalized spacial score (nSPS) is 19.8. The summed E-state index contributed by atoms with van der Waals surface area (Å²) in [6.07, 6.45) is 6.63. The van der Waals surface area contributed by atoms with Crippen LogP contribution in [0.3, 0.4) is 0 Å². The van der Waals surface area contributed by atoms with Gasteiger partial charge >= 0.3 is 0 Å². The molecule has 20 heavy (non-hydrogen) atoms. The lowest BCUT2D eigenvalue weighted by Gasteiger charge is -2.35. The third-order valence-electron chi connectivity index (χ3n) is 3.89. The molecular formula is C16H29N3S. The van der Waals surface area contributed by atoms with Crippen molar-refractivity contribution in [2.24, 2.45) is 5.92 Å². The SMILES string of the molecule is CCCC1CCCCN1c1nc(CNCC(C)C)cs1. The van der Waals surface area contributed by atoms with Gasteiger partial charge in [0.15, 0.2) is 5.13 Å². The van der Waals surface area contributed by atoms with Crippen LogP contribution in [0.5, 0.6) is 0 Å². The lowest BCUT2D eigenvalue weighted by atomic mass is 9.99. The summed E-state index contributed by atoms with van der Waals surface area (Å²) in [5, 5.41) is 6.94. The maximum absolute atomic E-state index is 4.85. The number of hydrogen-bond donors (Lipinski definition) is 1. The van der Waals surface area contributed by atoms with E-state index >= 15 is 0 Å². The molecule has 3 nitrogen and oxygen atoms in total. The number of anilines is 1. The fourth-order valence-electron chi connectivity index (χ4n) is 2.88. The molecule has 1 aliphatic heterocycles. The highest BCUT2D eigenvalue weighted by atomic mass is 32.1. The van der Waals surface area contributed by atoms with Crippen molar-refractivity contribution in [1.82, 2.24) is 10.3 Å². The lowest BCUT2D eigenvalue weighted by molar-refractivity contribution is 0.434. The van der Waals surface area contributed by atoms with Crippen molar-refractivity contribution >= 4 is 16.5 Å². The first-order valence-corrected chi connectivity index (χ1v) is 9.00. The molecule has 1 aromatic rings. The Labute approximate surface area is 127 Å². The summed E-state index contributed by atoms with van der Waals surface area (Å²) in [5.41, 5.74) is 1.20. The van der Waals surface area contributed by atoms with E-state index in [1.807, 2.05) is 11.3 Å². The zero-order chi connectivity index (χ0) is 14.4. The predicted molar refractivity (Wildman–Crippen MR) is 88.6 cm³/mol. The van der Waals surface area contributed by atoms with Gasteiger partial charge in [0.25, 0.3) is 0 Å². The summed E-state index contributed by atoms with van der Waals surface area (Å²) in [6, 6.07) is 0.719. The van der Waals surface area contributed by atoms with Crippen LogP contribution < -0.4 is 10.2 Å². The van der Waals surface area contributed by atoms with Crippen LogP contribution in [0, 0.1) is 5.92 Å². The molecule has 0 radical (unpaired) electrons. The van der Waals surface area contributed by atoms with Gasteiger partial charge in [-0.25, -0.2) is 4.98 Å². The predicted octanol–water partition coefficient (Wildman–Crippen LogP) is 4.05. The van der Waals surface area contributed by atoms with Crippen LogP contribution in [-0.4, -0.2) is 24.1 Å². The molecular weight excluding hydrogens is 266 g/mol. The number of nitrogens with zero attached hydrogens (tertiary/aromatic N) is 2. The van der Waals surface area contributed by atoms with Crippen LogP contribution in [0.25, 0.3) is 0 Å². The number of thiazole rings is 1. The number of hydrogen-bond acceptors (Lipinski definition) is 4. The first-order chi connectivity index (χ1) is 9.70. The van der Waals surface area contributed by atoms with Gasteiger partial charge in [-0.15, -0.1) is 11.3 Å². The fraction of sp³-hybridized carbons (Fsp3) is 0.812. The summed E-state index contributed by atoms with van der Waals surface area (Å²) in [5.74, 6) is 0.698. The lowest BCUT2D eigenvalue weighted by Crippen LogP contribution is -2.39. The Morgan fingerprint density at radius 3 is 3.05 bits per heavy atom. The zero-order valence-electron chi connectivity index (χ0n) is 13.2. The standard InChI is InChI=1S/C16H29N3S/c1-4-7-15-8-5-6-9-19(15)16-18-14(12-20-16)11-17-10-13(2)3/h12-13,15,17H,4-11H2,1-3H3. The number of rotatable bonds is 7. The second-order valence-corrected chi connectivity index (χ2v) is 7.11. The first-order valence-electron chi connectivity index (χ1n) is 8.12. The Kier molecular flexibility index (Phi) is 6.30. The van der Waals surface area contributed by atoms with E-state index in [4.69, 9.17) is 4.98 Å². The zero-order valence-corrected chi connectivity index (χ0v) is 14.0. The summed E-state index contributed by atoms with van der Waals surface area (Å²) in [4.78, 5) is 7.40. The molecule has 4 heteroatoms. The minimum absolute atomic E-state index is 0.698. The van der Waals surface area contributed by atoms with Crippen LogP contribution in [0.15, 0.2) is 5.38 Å². The molecule has 1 fully saturated rings. The average Bonchev–Trinajstić information content (AvgIpc) is 2.88. The van der Waals surface area contributed by atoms with Crippen molar-refractivity contribution in [3.05, 3.63) is 11.1 Å². The van der Waals surface area contributed by atoms with Gasteiger partial charge in [-0.05, 0) is 38.1 Å². The van der Waals surface area contributed by atoms with Gasteiger partial charge in [0.05, 0.1) is 5.69 Å². The van der Waals surface area contributed by atoms with Crippen LogP contribution in [0.1, 0.15) is 58.6 Å². The number of piperidine rings is 1. The molecule has 1 aliphatic rings. The maximum Gasteiger partial charge on any atom is 0.185 e. The van der Waals surface area contributed by atoms with E-state index in [0.29, 0.717) is 5.92 Å². The van der Waals surface area contributed by atoms with Gasteiger partial charge in [-0.1, -0.05) is 27.2 Å². The monoisotopic (exact) mass is 295 g/mol. The van der Waals surface area contributed by atoms with Crippen molar-refractivity contribution < 1.29 is 0 Å². The van der Waals surface area contributed by atoms with E-state index in [9.17, 15) is 0 Å². The Morgan fingerprint density at radius 1 is 1.45 bits per heavy atom. The summed E-state index contributed by atoms with van der Waals surface area (Å²) >= 11 is 1.82.